The zero-order chi connectivity index (χ0) is 14.5. The number of esters is 1. The van der Waals surface area contributed by atoms with Crippen LogP contribution in [0.3, 0.4) is 0 Å². The Hall–Kier alpha value is -2.41. The first-order chi connectivity index (χ1) is 9.61. The Kier molecular flexibility index (Phi) is 4.31. The van der Waals surface area contributed by atoms with Gasteiger partial charge in [-0.15, -0.1) is 10.2 Å². The zero-order valence-electron chi connectivity index (χ0n) is 10.5. The molecule has 0 aliphatic heterocycles. The number of rotatable bonds is 5. The number of carbonyl (C=O) groups is 3. The molecule has 0 aliphatic rings. The van der Waals surface area contributed by atoms with Crippen molar-refractivity contribution in [2.24, 2.45) is 0 Å². The lowest BCUT2D eigenvalue weighted by atomic mass is 10.2. The second-order valence-electron chi connectivity index (χ2n) is 3.79. The van der Waals surface area contributed by atoms with E-state index in [0.717, 1.165) is 24.0 Å². The number of Topliss-reactive ketones (excluding diaryl/α,β-unsaturated/α-hetero) is 2. The Labute approximate surface area is 118 Å². The minimum atomic E-state index is -1.04. The van der Waals surface area contributed by atoms with E-state index in [4.69, 9.17) is 0 Å². The van der Waals surface area contributed by atoms with Gasteiger partial charge in [-0.05, 0) is 0 Å². The van der Waals surface area contributed by atoms with Gasteiger partial charge < -0.3 is 4.74 Å². The van der Waals surface area contributed by atoms with Crippen LogP contribution >= 0.6 is 11.3 Å². The summed E-state index contributed by atoms with van der Waals surface area (Å²) in [6.45, 7) is 0. The average molecular weight is 290 g/mol. The summed E-state index contributed by atoms with van der Waals surface area (Å²) in [5, 5.41) is 8.33. The number of methoxy groups -OCH3 is 1. The largest absolute Gasteiger partial charge is 0.463 e. The molecule has 0 N–H and O–H groups in total. The number of benzene rings is 1. The van der Waals surface area contributed by atoms with Crippen LogP contribution in [-0.4, -0.2) is 34.8 Å². The lowest BCUT2D eigenvalue weighted by Gasteiger charge is -1.95. The summed E-state index contributed by atoms with van der Waals surface area (Å²) in [5.41, 5.74) is 0.836. The van der Waals surface area contributed by atoms with Gasteiger partial charge in [0.25, 0.3) is 0 Å². The molecule has 2 aromatic rings. The molecule has 0 unspecified atom stereocenters. The number of ketones is 2. The van der Waals surface area contributed by atoms with Gasteiger partial charge in [0, 0.05) is 5.56 Å². The maximum absolute atomic E-state index is 11.8. The summed E-state index contributed by atoms with van der Waals surface area (Å²) < 4.78 is 4.25. The van der Waals surface area contributed by atoms with Crippen LogP contribution in [-0.2, 0) is 14.3 Å². The van der Waals surface area contributed by atoms with Gasteiger partial charge in [-0.2, -0.15) is 0 Å². The molecule has 0 amide bonds. The van der Waals surface area contributed by atoms with Gasteiger partial charge in [-0.3, -0.25) is 9.59 Å². The standard InChI is InChI=1S/C13H10N2O4S/c1-19-13(18)10(17)7-9(16)12-15-14-11(20-12)8-5-3-2-4-6-8/h2-6H,7H2,1H3. The number of hydrogen-bond donors (Lipinski definition) is 0. The van der Waals surface area contributed by atoms with Crippen molar-refractivity contribution in [3.63, 3.8) is 0 Å². The average Bonchev–Trinajstić information content (AvgIpc) is 2.97. The fraction of sp³-hybridized carbons (Fsp3) is 0.154. The predicted molar refractivity (Wildman–Crippen MR) is 71.3 cm³/mol. The van der Waals surface area contributed by atoms with Crippen molar-refractivity contribution < 1.29 is 19.1 Å². The van der Waals surface area contributed by atoms with E-state index in [1.165, 1.54) is 0 Å². The lowest BCUT2D eigenvalue weighted by molar-refractivity contribution is -0.151. The Morgan fingerprint density at radius 2 is 1.85 bits per heavy atom. The molecule has 102 valence electrons. The smallest absolute Gasteiger partial charge is 0.374 e. The van der Waals surface area contributed by atoms with Crippen LogP contribution in [0.1, 0.15) is 16.2 Å². The molecule has 1 heterocycles. The Morgan fingerprint density at radius 3 is 2.50 bits per heavy atom. The second-order valence-corrected chi connectivity index (χ2v) is 4.77. The van der Waals surface area contributed by atoms with Crippen molar-refractivity contribution in [3.05, 3.63) is 35.3 Å². The number of hydrogen-bond acceptors (Lipinski definition) is 7. The van der Waals surface area contributed by atoms with Crippen LogP contribution < -0.4 is 0 Å². The molecule has 2 rings (SSSR count). The quantitative estimate of drug-likeness (QED) is 0.359. The molecule has 6 nitrogen and oxygen atoms in total. The van der Waals surface area contributed by atoms with Crippen molar-refractivity contribution in [1.82, 2.24) is 10.2 Å². The summed E-state index contributed by atoms with van der Waals surface area (Å²) in [4.78, 5) is 34.0. The zero-order valence-corrected chi connectivity index (χ0v) is 11.3. The van der Waals surface area contributed by atoms with Gasteiger partial charge in [-0.25, -0.2) is 4.79 Å². The summed E-state index contributed by atoms with van der Waals surface area (Å²) in [6, 6.07) is 9.24. The van der Waals surface area contributed by atoms with Crippen molar-refractivity contribution >= 4 is 28.9 Å². The number of ether oxygens (including phenoxy) is 1. The minimum Gasteiger partial charge on any atom is -0.463 e. The van der Waals surface area contributed by atoms with E-state index in [2.05, 4.69) is 14.9 Å². The minimum absolute atomic E-state index is 0.0982. The summed E-state index contributed by atoms with van der Waals surface area (Å²) in [6.07, 6.45) is -0.559. The highest BCUT2D eigenvalue weighted by Crippen LogP contribution is 2.23. The van der Waals surface area contributed by atoms with E-state index in [9.17, 15) is 14.4 Å². The molecule has 0 bridgehead atoms. The van der Waals surface area contributed by atoms with E-state index < -0.39 is 24.0 Å². The summed E-state index contributed by atoms with van der Waals surface area (Å²) in [7, 11) is 1.09. The molecule has 7 heteroatoms. The van der Waals surface area contributed by atoms with Crippen LogP contribution in [0.2, 0.25) is 0 Å². The predicted octanol–water partition coefficient (Wildman–Crippen LogP) is 1.52. The molecule has 0 saturated carbocycles. The number of carbonyl (C=O) groups excluding carboxylic acids is 3. The molecule has 1 aromatic heterocycles. The second kappa shape index (κ2) is 6.16. The molecular formula is C13H10N2O4S. The highest BCUT2D eigenvalue weighted by atomic mass is 32.1. The number of nitrogens with zero attached hydrogens (tertiary/aromatic N) is 2. The van der Waals surface area contributed by atoms with E-state index in [1.54, 1.807) is 0 Å². The Balaban J connectivity index is 2.11. The monoisotopic (exact) mass is 290 g/mol. The van der Waals surface area contributed by atoms with Crippen LogP contribution in [0.25, 0.3) is 10.6 Å². The molecular weight excluding hydrogens is 280 g/mol. The number of aromatic nitrogens is 2. The fourth-order valence-corrected chi connectivity index (χ4v) is 2.23. The molecule has 20 heavy (non-hydrogen) atoms. The molecule has 0 radical (unpaired) electrons. The molecule has 0 saturated heterocycles. The first kappa shape index (κ1) is 14.0. The Morgan fingerprint density at radius 1 is 1.15 bits per heavy atom. The first-order valence-corrected chi connectivity index (χ1v) is 6.46. The van der Waals surface area contributed by atoms with E-state index in [0.29, 0.717) is 5.01 Å². The van der Waals surface area contributed by atoms with Gasteiger partial charge in [-0.1, -0.05) is 41.7 Å². The van der Waals surface area contributed by atoms with Gasteiger partial charge in [0.1, 0.15) is 5.01 Å². The highest BCUT2D eigenvalue weighted by Gasteiger charge is 2.22. The van der Waals surface area contributed by atoms with Crippen molar-refractivity contribution in [1.29, 1.82) is 0 Å². The molecule has 1 aromatic carbocycles. The molecule has 0 atom stereocenters. The topological polar surface area (TPSA) is 86.2 Å². The first-order valence-electron chi connectivity index (χ1n) is 5.65. The van der Waals surface area contributed by atoms with E-state index in [1.807, 2.05) is 30.3 Å². The summed E-state index contributed by atoms with van der Waals surface area (Å²) >= 11 is 1.08. The van der Waals surface area contributed by atoms with Gasteiger partial charge in [0.05, 0.1) is 13.5 Å². The van der Waals surface area contributed by atoms with Crippen molar-refractivity contribution in [2.45, 2.75) is 6.42 Å². The third kappa shape index (κ3) is 3.12. The van der Waals surface area contributed by atoms with Crippen LogP contribution in [0.4, 0.5) is 0 Å². The molecule has 0 fully saturated rings. The summed E-state index contributed by atoms with van der Waals surface area (Å²) in [5.74, 6) is -2.47. The van der Waals surface area contributed by atoms with Crippen molar-refractivity contribution in [2.75, 3.05) is 7.11 Å². The van der Waals surface area contributed by atoms with Gasteiger partial charge in [0.2, 0.25) is 11.6 Å². The molecule has 0 aliphatic carbocycles. The van der Waals surface area contributed by atoms with Crippen molar-refractivity contribution in [3.8, 4) is 10.6 Å². The normalized spacial score (nSPS) is 10.1. The van der Waals surface area contributed by atoms with Gasteiger partial charge in [0.15, 0.2) is 5.01 Å². The molecule has 0 spiro atoms. The van der Waals surface area contributed by atoms with E-state index in [-0.39, 0.29) is 5.01 Å². The maximum Gasteiger partial charge on any atom is 0.374 e. The van der Waals surface area contributed by atoms with Crippen LogP contribution in [0.5, 0.6) is 0 Å². The van der Waals surface area contributed by atoms with Gasteiger partial charge >= 0.3 is 5.97 Å². The third-order valence-corrected chi connectivity index (χ3v) is 3.43. The SMILES string of the molecule is COC(=O)C(=O)CC(=O)c1nnc(-c2ccccc2)s1. The Bertz CT molecular complexity index is 651. The van der Waals surface area contributed by atoms with Crippen LogP contribution in [0, 0.1) is 0 Å². The third-order valence-electron chi connectivity index (χ3n) is 2.42. The highest BCUT2D eigenvalue weighted by molar-refractivity contribution is 7.16. The van der Waals surface area contributed by atoms with E-state index >= 15 is 0 Å². The lowest BCUT2D eigenvalue weighted by Crippen LogP contribution is -2.19. The van der Waals surface area contributed by atoms with Crippen LogP contribution in [0.15, 0.2) is 30.3 Å². The fourth-order valence-electron chi connectivity index (χ4n) is 1.44. The maximum atomic E-state index is 11.8.